The van der Waals surface area contributed by atoms with E-state index in [4.69, 9.17) is 9.84 Å². The molecule has 0 saturated carbocycles. The summed E-state index contributed by atoms with van der Waals surface area (Å²) in [6.45, 7) is 1.81. The molecule has 1 fully saturated rings. The molecule has 1 aliphatic rings. The van der Waals surface area contributed by atoms with Gasteiger partial charge in [0.2, 0.25) is 5.75 Å². The van der Waals surface area contributed by atoms with E-state index in [0.717, 1.165) is 5.56 Å². The molecule has 136 valence electrons. The first-order chi connectivity index (χ1) is 12.6. The third-order valence-electron chi connectivity index (χ3n) is 4.29. The first-order valence-corrected chi connectivity index (χ1v) is 8.23. The highest BCUT2D eigenvalue weighted by atomic mass is 16.6. The van der Waals surface area contributed by atoms with Crippen molar-refractivity contribution in [1.82, 2.24) is 4.90 Å². The molecule has 1 saturated heterocycles. The largest absolute Gasteiger partial charge is 0.481 e. The van der Waals surface area contributed by atoms with Gasteiger partial charge < -0.3 is 19.6 Å². The SMILES string of the molecule is O=C(O)N1CCN(c2cccc([N+](=O)[O-])c2OCc2ccccc2)CC1. The van der Waals surface area contributed by atoms with Crippen LogP contribution in [-0.4, -0.2) is 47.2 Å². The van der Waals surface area contributed by atoms with Crippen LogP contribution in [0, 0.1) is 10.1 Å². The molecule has 3 rings (SSSR count). The maximum Gasteiger partial charge on any atom is 0.407 e. The number of benzene rings is 2. The number of hydrogen-bond acceptors (Lipinski definition) is 5. The minimum Gasteiger partial charge on any atom is -0.481 e. The Labute approximate surface area is 150 Å². The second kappa shape index (κ2) is 7.73. The highest BCUT2D eigenvalue weighted by Crippen LogP contribution is 2.38. The monoisotopic (exact) mass is 357 g/mol. The van der Waals surface area contributed by atoms with Crippen LogP contribution in [-0.2, 0) is 6.61 Å². The molecule has 8 heteroatoms. The summed E-state index contributed by atoms with van der Waals surface area (Å²) in [5, 5.41) is 20.5. The minimum atomic E-state index is -0.954. The lowest BCUT2D eigenvalue weighted by Crippen LogP contribution is -2.48. The van der Waals surface area contributed by atoms with E-state index in [-0.39, 0.29) is 18.0 Å². The van der Waals surface area contributed by atoms with Crippen molar-refractivity contribution < 1.29 is 19.6 Å². The van der Waals surface area contributed by atoms with Crippen LogP contribution >= 0.6 is 0 Å². The van der Waals surface area contributed by atoms with Crippen molar-refractivity contribution in [2.45, 2.75) is 6.61 Å². The van der Waals surface area contributed by atoms with Crippen LogP contribution in [0.2, 0.25) is 0 Å². The van der Waals surface area contributed by atoms with E-state index in [0.29, 0.717) is 31.9 Å². The van der Waals surface area contributed by atoms with Gasteiger partial charge in [0.1, 0.15) is 6.61 Å². The van der Waals surface area contributed by atoms with Crippen LogP contribution in [0.3, 0.4) is 0 Å². The second-order valence-corrected chi connectivity index (χ2v) is 5.91. The molecule has 0 radical (unpaired) electrons. The average molecular weight is 357 g/mol. The van der Waals surface area contributed by atoms with Crippen molar-refractivity contribution in [1.29, 1.82) is 0 Å². The minimum absolute atomic E-state index is 0.0981. The van der Waals surface area contributed by atoms with Crippen molar-refractivity contribution in [2.75, 3.05) is 31.1 Å². The van der Waals surface area contributed by atoms with Gasteiger partial charge in [-0.15, -0.1) is 0 Å². The van der Waals surface area contributed by atoms with E-state index in [9.17, 15) is 14.9 Å². The summed E-state index contributed by atoms with van der Waals surface area (Å²) >= 11 is 0. The fourth-order valence-corrected chi connectivity index (χ4v) is 2.92. The van der Waals surface area contributed by atoms with Crippen LogP contribution < -0.4 is 9.64 Å². The van der Waals surface area contributed by atoms with Crippen LogP contribution in [0.1, 0.15) is 5.56 Å². The molecule has 0 bridgehead atoms. The van der Waals surface area contributed by atoms with Gasteiger partial charge in [0.05, 0.1) is 10.6 Å². The molecule has 2 aromatic carbocycles. The zero-order valence-electron chi connectivity index (χ0n) is 14.1. The summed E-state index contributed by atoms with van der Waals surface area (Å²) in [4.78, 5) is 25.3. The van der Waals surface area contributed by atoms with Crippen molar-refractivity contribution in [3.8, 4) is 5.75 Å². The fraction of sp³-hybridized carbons (Fsp3) is 0.278. The Kier molecular flexibility index (Phi) is 5.21. The van der Waals surface area contributed by atoms with Crippen molar-refractivity contribution in [2.24, 2.45) is 0 Å². The molecule has 2 aromatic rings. The zero-order valence-corrected chi connectivity index (χ0v) is 14.1. The van der Waals surface area contributed by atoms with E-state index in [1.165, 1.54) is 11.0 Å². The van der Waals surface area contributed by atoms with Gasteiger partial charge in [-0.3, -0.25) is 10.1 Å². The molecule has 0 aromatic heterocycles. The van der Waals surface area contributed by atoms with Gasteiger partial charge in [-0.1, -0.05) is 36.4 Å². The van der Waals surface area contributed by atoms with E-state index in [2.05, 4.69) is 0 Å². The van der Waals surface area contributed by atoms with Gasteiger partial charge in [0.25, 0.3) is 0 Å². The summed E-state index contributed by atoms with van der Waals surface area (Å²) in [6, 6.07) is 14.2. The van der Waals surface area contributed by atoms with Crippen LogP contribution in [0.4, 0.5) is 16.2 Å². The van der Waals surface area contributed by atoms with E-state index < -0.39 is 11.0 Å². The third kappa shape index (κ3) is 3.85. The average Bonchev–Trinajstić information content (AvgIpc) is 2.67. The molecule has 26 heavy (non-hydrogen) atoms. The van der Waals surface area contributed by atoms with Crippen molar-refractivity contribution in [3.05, 3.63) is 64.2 Å². The number of piperazine rings is 1. The van der Waals surface area contributed by atoms with Gasteiger partial charge in [0, 0.05) is 32.2 Å². The Morgan fingerprint density at radius 1 is 1.08 bits per heavy atom. The standard InChI is InChI=1S/C18H19N3O5/c22-18(23)20-11-9-19(10-12-20)15-7-4-8-16(21(24)25)17(15)26-13-14-5-2-1-3-6-14/h1-8H,9-13H2,(H,22,23). The predicted octanol–water partition coefficient (Wildman–Crippen LogP) is 2.97. The highest BCUT2D eigenvalue weighted by Gasteiger charge is 2.26. The highest BCUT2D eigenvalue weighted by molar-refractivity contribution is 5.69. The zero-order chi connectivity index (χ0) is 18.5. The molecule has 1 heterocycles. The van der Waals surface area contributed by atoms with Crippen LogP contribution in [0.25, 0.3) is 0 Å². The molecule has 0 spiro atoms. The summed E-state index contributed by atoms with van der Waals surface area (Å²) in [5.41, 5.74) is 1.42. The smallest absolute Gasteiger partial charge is 0.407 e. The predicted molar refractivity (Wildman–Crippen MR) is 95.7 cm³/mol. The molecule has 0 atom stereocenters. The summed E-state index contributed by atoms with van der Waals surface area (Å²) in [6.07, 6.45) is -0.954. The number of nitro benzene ring substituents is 1. The maximum atomic E-state index is 11.4. The third-order valence-corrected chi connectivity index (χ3v) is 4.29. The number of amides is 1. The lowest BCUT2D eigenvalue weighted by molar-refractivity contribution is -0.385. The van der Waals surface area contributed by atoms with E-state index in [1.54, 1.807) is 12.1 Å². The normalized spacial score (nSPS) is 14.2. The number of nitro groups is 1. The number of para-hydroxylation sites is 1. The Morgan fingerprint density at radius 2 is 1.77 bits per heavy atom. The molecule has 0 aliphatic carbocycles. The van der Waals surface area contributed by atoms with Gasteiger partial charge in [0.15, 0.2) is 0 Å². The Morgan fingerprint density at radius 3 is 2.38 bits per heavy atom. The van der Waals surface area contributed by atoms with Gasteiger partial charge in [-0.2, -0.15) is 0 Å². The van der Waals surface area contributed by atoms with E-state index >= 15 is 0 Å². The number of carbonyl (C=O) groups is 1. The second-order valence-electron chi connectivity index (χ2n) is 5.91. The number of rotatable bonds is 5. The lowest BCUT2D eigenvalue weighted by Gasteiger charge is -2.35. The summed E-state index contributed by atoms with van der Waals surface area (Å²) in [7, 11) is 0. The maximum absolute atomic E-state index is 11.4. The Balaban J connectivity index is 1.84. The molecule has 0 unspecified atom stereocenters. The number of ether oxygens (including phenoxy) is 1. The summed E-state index contributed by atoms with van der Waals surface area (Å²) in [5.74, 6) is 0.213. The molecular weight excluding hydrogens is 338 g/mol. The molecular formula is C18H19N3O5. The molecule has 1 amide bonds. The van der Waals surface area contributed by atoms with E-state index in [1.807, 2.05) is 35.2 Å². The fourth-order valence-electron chi connectivity index (χ4n) is 2.92. The van der Waals surface area contributed by atoms with Gasteiger partial charge in [-0.05, 0) is 11.6 Å². The molecule has 1 aliphatic heterocycles. The Bertz CT molecular complexity index is 789. The quantitative estimate of drug-likeness (QED) is 0.653. The molecule has 8 nitrogen and oxygen atoms in total. The topological polar surface area (TPSA) is 96.2 Å². The Hall–Kier alpha value is -3.29. The van der Waals surface area contributed by atoms with Crippen molar-refractivity contribution in [3.63, 3.8) is 0 Å². The summed E-state index contributed by atoms with van der Waals surface area (Å²) < 4.78 is 5.83. The van der Waals surface area contributed by atoms with Crippen molar-refractivity contribution >= 4 is 17.5 Å². The van der Waals surface area contributed by atoms with Gasteiger partial charge >= 0.3 is 11.8 Å². The number of anilines is 1. The molecule has 1 N–H and O–H groups in total. The first-order valence-electron chi connectivity index (χ1n) is 8.23. The van der Waals surface area contributed by atoms with Gasteiger partial charge in [-0.25, -0.2) is 4.79 Å². The number of hydrogen-bond donors (Lipinski definition) is 1. The lowest BCUT2D eigenvalue weighted by atomic mass is 10.2. The van der Waals surface area contributed by atoms with Crippen LogP contribution in [0.5, 0.6) is 5.75 Å². The number of carboxylic acid groups (broad SMARTS) is 1. The van der Waals surface area contributed by atoms with Crippen LogP contribution in [0.15, 0.2) is 48.5 Å². The number of nitrogens with zero attached hydrogens (tertiary/aromatic N) is 3. The first kappa shape index (κ1) is 17.5.